The lowest BCUT2D eigenvalue weighted by molar-refractivity contribution is 0.164. The Balaban J connectivity index is 2.36. The molecule has 1 aliphatic heterocycles. The highest BCUT2D eigenvalue weighted by Gasteiger charge is 2.35. The van der Waals surface area contributed by atoms with Crippen molar-refractivity contribution in [2.75, 3.05) is 5.75 Å². The SMILES string of the molecule is Cc1cc(C(O)C2CCCCS2(=O)=O)cc(C)c1F. The zero-order chi connectivity index (χ0) is 14.2. The minimum Gasteiger partial charge on any atom is -0.387 e. The van der Waals surface area contributed by atoms with Gasteiger partial charge in [0.2, 0.25) is 0 Å². The molecule has 1 aliphatic rings. The average Bonchev–Trinajstić information content (AvgIpc) is 2.34. The van der Waals surface area contributed by atoms with Gasteiger partial charge in [0.25, 0.3) is 0 Å². The number of aliphatic hydroxyl groups is 1. The molecule has 0 aliphatic carbocycles. The first-order chi connectivity index (χ1) is 8.83. The van der Waals surface area contributed by atoms with Crippen molar-refractivity contribution in [3.63, 3.8) is 0 Å². The molecule has 2 rings (SSSR count). The molecular weight excluding hydrogens is 267 g/mol. The number of sulfone groups is 1. The normalized spacial score (nSPS) is 24.1. The van der Waals surface area contributed by atoms with Crippen LogP contribution in [-0.4, -0.2) is 24.5 Å². The fraction of sp³-hybridized carbons (Fsp3) is 0.571. The van der Waals surface area contributed by atoms with Crippen LogP contribution in [0, 0.1) is 19.7 Å². The van der Waals surface area contributed by atoms with Crippen LogP contribution in [0.5, 0.6) is 0 Å². The summed E-state index contributed by atoms with van der Waals surface area (Å²) in [6, 6.07) is 3.08. The number of hydrogen-bond acceptors (Lipinski definition) is 3. The molecule has 0 spiro atoms. The molecule has 106 valence electrons. The van der Waals surface area contributed by atoms with E-state index in [9.17, 15) is 17.9 Å². The molecule has 1 heterocycles. The zero-order valence-corrected chi connectivity index (χ0v) is 12.0. The van der Waals surface area contributed by atoms with Gasteiger partial charge in [0, 0.05) is 0 Å². The second-order valence-corrected chi connectivity index (χ2v) is 7.65. The van der Waals surface area contributed by atoms with Gasteiger partial charge in [0.15, 0.2) is 9.84 Å². The highest BCUT2D eigenvalue weighted by Crippen LogP contribution is 2.32. The molecule has 2 atom stereocenters. The Kier molecular flexibility index (Phi) is 3.97. The molecule has 1 saturated heterocycles. The van der Waals surface area contributed by atoms with Gasteiger partial charge in [-0.25, -0.2) is 12.8 Å². The molecule has 1 aromatic carbocycles. The van der Waals surface area contributed by atoms with Crippen molar-refractivity contribution in [3.8, 4) is 0 Å². The molecule has 2 unspecified atom stereocenters. The monoisotopic (exact) mass is 286 g/mol. The van der Waals surface area contributed by atoms with Crippen LogP contribution in [0.4, 0.5) is 4.39 Å². The third kappa shape index (κ3) is 2.82. The Bertz CT molecular complexity index is 557. The third-order valence-electron chi connectivity index (χ3n) is 3.78. The van der Waals surface area contributed by atoms with E-state index in [1.54, 1.807) is 13.8 Å². The van der Waals surface area contributed by atoms with E-state index in [1.807, 2.05) is 0 Å². The topological polar surface area (TPSA) is 54.4 Å². The van der Waals surface area contributed by atoms with Crippen molar-refractivity contribution in [1.82, 2.24) is 0 Å². The molecule has 0 aromatic heterocycles. The summed E-state index contributed by atoms with van der Waals surface area (Å²) in [4.78, 5) is 0. The van der Waals surface area contributed by atoms with Gasteiger partial charge in [0.1, 0.15) is 5.82 Å². The number of aliphatic hydroxyl groups excluding tert-OH is 1. The lowest BCUT2D eigenvalue weighted by atomic mass is 9.98. The summed E-state index contributed by atoms with van der Waals surface area (Å²) in [5.41, 5.74) is 1.36. The average molecular weight is 286 g/mol. The first-order valence-corrected chi connectivity index (χ1v) is 8.21. The van der Waals surface area contributed by atoms with Gasteiger partial charge in [0.05, 0.1) is 17.1 Å². The molecule has 0 amide bonds. The van der Waals surface area contributed by atoms with Crippen LogP contribution in [0.25, 0.3) is 0 Å². The quantitative estimate of drug-likeness (QED) is 0.908. The second-order valence-electron chi connectivity index (χ2n) is 5.31. The molecule has 3 nitrogen and oxygen atoms in total. The van der Waals surface area contributed by atoms with Crippen molar-refractivity contribution in [3.05, 3.63) is 34.6 Å². The number of halogens is 1. The fourth-order valence-electron chi connectivity index (χ4n) is 2.70. The van der Waals surface area contributed by atoms with Gasteiger partial charge < -0.3 is 5.11 Å². The molecule has 1 aromatic rings. The van der Waals surface area contributed by atoms with Gasteiger partial charge >= 0.3 is 0 Å². The molecule has 1 N–H and O–H groups in total. The Hall–Kier alpha value is -0.940. The number of rotatable bonds is 2. The third-order valence-corrected chi connectivity index (χ3v) is 6.05. The Morgan fingerprint density at radius 3 is 2.37 bits per heavy atom. The number of benzene rings is 1. The minimum absolute atomic E-state index is 0.133. The lowest BCUT2D eigenvalue weighted by Crippen LogP contribution is -2.33. The van der Waals surface area contributed by atoms with Crippen LogP contribution in [0.1, 0.15) is 42.1 Å². The molecule has 0 bridgehead atoms. The first kappa shape index (κ1) is 14.5. The van der Waals surface area contributed by atoms with E-state index < -0.39 is 21.2 Å². The summed E-state index contributed by atoms with van der Waals surface area (Å²) in [6.07, 6.45) is 0.870. The van der Waals surface area contributed by atoms with Crippen molar-refractivity contribution < 1.29 is 17.9 Å². The maximum atomic E-state index is 13.6. The largest absolute Gasteiger partial charge is 0.387 e. The Morgan fingerprint density at radius 1 is 1.26 bits per heavy atom. The van der Waals surface area contributed by atoms with E-state index in [2.05, 4.69) is 0 Å². The smallest absolute Gasteiger partial charge is 0.156 e. The molecule has 19 heavy (non-hydrogen) atoms. The van der Waals surface area contributed by atoms with Crippen LogP contribution < -0.4 is 0 Å². The van der Waals surface area contributed by atoms with Crippen LogP contribution in [0.3, 0.4) is 0 Å². The lowest BCUT2D eigenvalue weighted by Gasteiger charge is -2.27. The van der Waals surface area contributed by atoms with Crippen LogP contribution >= 0.6 is 0 Å². The highest BCUT2D eigenvalue weighted by atomic mass is 32.2. The van der Waals surface area contributed by atoms with Crippen molar-refractivity contribution in [1.29, 1.82) is 0 Å². The second kappa shape index (κ2) is 5.21. The van der Waals surface area contributed by atoms with Gasteiger partial charge in [-0.15, -0.1) is 0 Å². The van der Waals surface area contributed by atoms with Gasteiger partial charge in [-0.3, -0.25) is 0 Å². The van der Waals surface area contributed by atoms with Crippen molar-refractivity contribution in [2.24, 2.45) is 0 Å². The highest BCUT2D eigenvalue weighted by molar-refractivity contribution is 7.92. The number of hydrogen-bond donors (Lipinski definition) is 1. The first-order valence-electron chi connectivity index (χ1n) is 6.49. The number of aryl methyl sites for hydroxylation is 2. The summed E-state index contributed by atoms with van der Waals surface area (Å²) >= 11 is 0. The summed E-state index contributed by atoms with van der Waals surface area (Å²) in [5.74, 6) is -0.170. The van der Waals surface area contributed by atoms with E-state index in [-0.39, 0.29) is 11.6 Å². The Morgan fingerprint density at radius 2 is 1.84 bits per heavy atom. The summed E-state index contributed by atoms with van der Waals surface area (Å²) < 4.78 is 37.6. The van der Waals surface area contributed by atoms with E-state index in [1.165, 1.54) is 12.1 Å². The van der Waals surface area contributed by atoms with E-state index >= 15 is 0 Å². The molecular formula is C14H19FO3S. The van der Waals surface area contributed by atoms with Gasteiger partial charge in [-0.1, -0.05) is 18.6 Å². The van der Waals surface area contributed by atoms with Crippen molar-refractivity contribution >= 4 is 9.84 Å². The fourth-order valence-corrected chi connectivity index (χ4v) is 4.68. The molecule has 5 heteroatoms. The van der Waals surface area contributed by atoms with E-state index in [0.29, 0.717) is 29.5 Å². The summed E-state index contributed by atoms with van der Waals surface area (Å²) in [6.45, 7) is 3.24. The van der Waals surface area contributed by atoms with E-state index in [0.717, 1.165) is 6.42 Å². The molecule has 1 fully saturated rings. The Labute approximate surface area is 113 Å². The molecule has 0 radical (unpaired) electrons. The van der Waals surface area contributed by atoms with Gasteiger partial charge in [-0.05, 0) is 43.4 Å². The predicted molar refractivity (Wildman–Crippen MR) is 72.3 cm³/mol. The summed E-state index contributed by atoms with van der Waals surface area (Å²) in [7, 11) is -3.25. The van der Waals surface area contributed by atoms with Gasteiger partial charge in [-0.2, -0.15) is 0 Å². The summed E-state index contributed by atoms with van der Waals surface area (Å²) in [5, 5.41) is 9.56. The van der Waals surface area contributed by atoms with Crippen molar-refractivity contribution in [2.45, 2.75) is 44.5 Å². The zero-order valence-electron chi connectivity index (χ0n) is 11.2. The predicted octanol–water partition coefficient (Wildman–Crippen LogP) is 2.44. The standard InChI is InChI=1S/C14H19FO3S/c1-9-7-11(8-10(2)13(9)15)14(16)12-5-3-4-6-19(12,17)18/h7-8,12,14,16H,3-6H2,1-2H3. The van der Waals surface area contributed by atoms with Crippen LogP contribution in [0.2, 0.25) is 0 Å². The van der Waals surface area contributed by atoms with E-state index in [4.69, 9.17) is 0 Å². The maximum Gasteiger partial charge on any atom is 0.156 e. The van der Waals surface area contributed by atoms with Crippen LogP contribution in [-0.2, 0) is 9.84 Å². The maximum absolute atomic E-state index is 13.6. The van der Waals surface area contributed by atoms with Crippen LogP contribution in [0.15, 0.2) is 12.1 Å². The molecule has 0 saturated carbocycles. The minimum atomic E-state index is -3.25.